The monoisotopic (exact) mass is 563 g/mol. The number of benzene rings is 4. The van der Waals surface area contributed by atoms with Crippen LogP contribution < -0.4 is 9.47 Å². The van der Waals surface area contributed by atoms with Crippen LogP contribution in [0.15, 0.2) is 97.1 Å². The first kappa shape index (κ1) is 27.5. The van der Waals surface area contributed by atoms with Crippen LogP contribution in [0.4, 0.5) is 0 Å². The number of ether oxygens (including phenoxy) is 2. The number of aliphatic hydroxyl groups is 2. The van der Waals surface area contributed by atoms with Gasteiger partial charge in [0.2, 0.25) is 0 Å². The van der Waals surface area contributed by atoms with Crippen molar-refractivity contribution >= 4 is 23.2 Å². The third-order valence-corrected chi connectivity index (χ3v) is 7.85. The van der Waals surface area contributed by atoms with Gasteiger partial charge in [-0.15, -0.1) is 0 Å². The zero-order valence-electron chi connectivity index (χ0n) is 21.6. The summed E-state index contributed by atoms with van der Waals surface area (Å²) in [6.45, 7) is 0.989. The summed E-state index contributed by atoms with van der Waals surface area (Å²) in [5.74, 6) is 1.13. The number of rotatable bonds is 9. The Morgan fingerprint density at radius 3 is 2.18 bits per heavy atom. The third kappa shape index (κ3) is 5.93. The summed E-state index contributed by atoms with van der Waals surface area (Å²) in [5.41, 5.74) is 1.50. The molecule has 202 valence electrons. The van der Waals surface area contributed by atoms with Gasteiger partial charge in [-0.2, -0.15) is 0 Å². The van der Waals surface area contributed by atoms with Gasteiger partial charge in [0.15, 0.2) is 0 Å². The van der Waals surface area contributed by atoms with Gasteiger partial charge in [0.1, 0.15) is 29.9 Å². The molecule has 5 nitrogen and oxygen atoms in total. The highest BCUT2D eigenvalue weighted by Gasteiger charge is 2.48. The topological polar surface area (TPSA) is 62.2 Å². The zero-order valence-corrected chi connectivity index (χ0v) is 23.1. The Hall–Kier alpha value is -3.06. The first-order chi connectivity index (χ1) is 18.9. The molecule has 1 heterocycles. The average molecular weight is 565 g/mol. The molecule has 39 heavy (non-hydrogen) atoms. The van der Waals surface area contributed by atoms with E-state index in [9.17, 15) is 10.2 Å². The summed E-state index contributed by atoms with van der Waals surface area (Å²) in [6.07, 6.45) is 0.557. The highest BCUT2D eigenvalue weighted by atomic mass is 35.5. The molecule has 4 aromatic rings. The van der Waals surface area contributed by atoms with Crippen molar-refractivity contribution in [1.82, 2.24) is 4.90 Å². The molecule has 0 spiro atoms. The van der Waals surface area contributed by atoms with Crippen LogP contribution in [0.5, 0.6) is 11.5 Å². The minimum absolute atomic E-state index is 0.373. The van der Waals surface area contributed by atoms with Crippen molar-refractivity contribution < 1.29 is 19.7 Å². The molecule has 3 atom stereocenters. The van der Waals surface area contributed by atoms with Gasteiger partial charge in [-0.1, -0.05) is 77.8 Å². The molecular formula is C32H31Cl2NO4. The summed E-state index contributed by atoms with van der Waals surface area (Å²) >= 11 is 12.3. The van der Waals surface area contributed by atoms with Gasteiger partial charge >= 0.3 is 0 Å². The minimum Gasteiger partial charge on any atom is -0.497 e. The Labute approximate surface area is 239 Å². The maximum atomic E-state index is 12.8. The predicted octanol–water partition coefficient (Wildman–Crippen LogP) is 6.97. The second-order valence-corrected chi connectivity index (χ2v) is 10.6. The first-order valence-electron chi connectivity index (χ1n) is 12.9. The van der Waals surface area contributed by atoms with Gasteiger partial charge in [-0.05, 0) is 71.5 Å². The molecular weight excluding hydrogens is 533 g/mol. The summed E-state index contributed by atoms with van der Waals surface area (Å²) < 4.78 is 11.8. The fraction of sp³-hybridized carbons (Fsp3) is 0.250. The number of nitrogens with zero attached hydrogens (tertiary/aromatic N) is 1. The minimum atomic E-state index is -1.51. The SMILES string of the molecule is COc1cc(OCc2ccccc2)cc(C(O)(c2ccc(Cl)cc2)C2CCCN2C(O)c2ccc(Cl)cc2)c1. The summed E-state index contributed by atoms with van der Waals surface area (Å²) in [4.78, 5) is 1.95. The molecule has 5 rings (SSSR count). The lowest BCUT2D eigenvalue weighted by Gasteiger charge is -2.42. The molecule has 0 aromatic heterocycles. The van der Waals surface area contributed by atoms with Crippen LogP contribution in [0.25, 0.3) is 0 Å². The van der Waals surface area contributed by atoms with Crippen molar-refractivity contribution in [2.75, 3.05) is 13.7 Å². The van der Waals surface area contributed by atoms with Crippen LogP contribution in [0.1, 0.15) is 41.3 Å². The van der Waals surface area contributed by atoms with Gasteiger partial charge in [0, 0.05) is 28.7 Å². The Morgan fingerprint density at radius 1 is 0.872 bits per heavy atom. The molecule has 1 aliphatic heterocycles. The van der Waals surface area contributed by atoms with E-state index in [1.54, 1.807) is 31.4 Å². The molecule has 3 unspecified atom stereocenters. The molecule has 1 fully saturated rings. The van der Waals surface area contributed by atoms with E-state index in [0.717, 1.165) is 12.0 Å². The molecule has 0 aliphatic carbocycles. The summed E-state index contributed by atoms with van der Waals surface area (Å²) in [7, 11) is 1.59. The largest absolute Gasteiger partial charge is 0.497 e. The molecule has 0 amide bonds. The van der Waals surface area contributed by atoms with E-state index in [1.807, 2.05) is 77.7 Å². The standard InChI is InChI=1S/C32H31Cl2NO4/c1-38-28-18-25(19-29(20-28)39-21-22-6-3-2-4-7-22)32(37,24-11-15-27(34)16-12-24)30-8-5-17-35(30)31(36)23-9-13-26(33)14-10-23/h2-4,6-7,9-16,18-20,30-31,36-37H,5,8,17,21H2,1H3. The van der Waals surface area contributed by atoms with E-state index in [2.05, 4.69) is 0 Å². The number of likely N-dealkylation sites (tertiary alicyclic amines) is 1. The number of halogens is 2. The Bertz CT molecular complexity index is 1380. The first-order valence-corrected chi connectivity index (χ1v) is 13.7. The maximum absolute atomic E-state index is 12.8. The number of methoxy groups -OCH3 is 1. The summed E-state index contributed by atoms with van der Waals surface area (Å²) in [6, 6.07) is 29.3. The smallest absolute Gasteiger partial charge is 0.133 e. The highest BCUT2D eigenvalue weighted by Crippen LogP contribution is 2.45. The van der Waals surface area contributed by atoms with E-state index in [1.165, 1.54) is 0 Å². The van der Waals surface area contributed by atoms with Gasteiger partial charge in [0.25, 0.3) is 0 Å². The number of aliphatic hydroxyl groups excluding tert-OH is 1. The van der Waals surface area contributed by atoms with E-state index in [-0.39, 0.29) is 0 Å². The average Bonchev–Trinajstić information content (AvgIpc) is 3.47. The zero-order chi connectivity index (χ0) is 27.4. The third-order valence-electron chi connectivity index (χ3n) is 7.35. The molecule has 4 aromatic carbocycles. The van der Waals surface area contributed by atoms with E-state index in [4.69, 9.17) is 32.7 Å². The van der Waals surface area contributed by atoms with E-state index >= 15 is 0 Å². The Kier molecular flexibility index (Phi) is 8.46. The Morgan fingerprint density at radius 2 is 1.51 bits per heavy atom. The number of hydrogen-bond acceptors (Lipinski definition) is 5. The van der Waals surface area contributed by atoms with Crippen LogP contribution in [-0.2, 0) is 12.2 Å². The lowest BCUT2D eigenvalue weighted by atomic mass is 9.78. The van der Waals surface area contributed by atoms with Crippen molar-refractivity contribution in [2.24, 2.45) is 0 Å². The molecule has 1 aliphatic rings. The predicted molar refractivity (Wildman–Crippen MR) is 154 cm³/mol. The van der Waals surface area contributed by atoms with E-state index in [0.29, 0.717) is 57.8 Å². The van der Waals surface area contributed by atoms with Crippen LogP contribution in [0, 0.1) is 0 Å². The van der Waals surface area contributed by atoms with Gasteiger partial charge in [-0.3, -0.25) is 4.90 Å². The van der Waals surface area contributed by atoms with Crippen molar-refractivity contribution in [3.8, 4) is 11.5 Å². The van der Waals surface area contributed by atoms with Crippen molar-refractivity contribution in [3.63, 3.8) is 0 Å². The van der Waals surface area contributed by atoms with Crippen molar-refractivity contribution in [1.29, 1.82) is 0 Å². The van der Waals surface area contributed by atoms with Gasteiger partial charge in [-0.25, -0.2) is 0 Å². The lowest BCUT2D eigenvalue weighted by Crippen LogP contribution is -2.49. The maximum Gasteiger partial charge on any atom is 0.133 e. The van der Waals surface area contributed by atoms with Crippen molar-refractivity contribution in [3.05, 3.63) is 129 Å². The second-order valence-electron chi connectivity index (χ2n) is 9.77. The Balaban J connectivity index is 1.57. The van der Waals surface area contributed by atoms with Gasteiger partial charge in [0.05, 0.1) is 7.11 Å². The lowest BCUT2D eigenvalue weighted by molar-refractivity contribution is -0.0772. The van der Waals surface area contributed by atoms with Crippen molar-refractivity contribution in [2.45, 2.75) is 37.3 Å². The van der Waals surface area contributed by atoms with Crippen LogP contribution >= 0.6 is 23.2 Å². The van der Waals surface area contributed by atoms with Crippen LogP contribution in [-0.4, -0.2) is 34.8 Å². The quantitative estimate of drug-likeness (QED) is 0.230. The summed E-state index contributed by atoms with van der Waals surface area (Å²) in [5, 5.41) is 25.4. The fourth-order valence-electron chi connectivity index (χ4n) is 5.35. The molecule has 1 saturated heterocycles. The van der Waals surface area contributed by atoms with Gasteiger partial charge < -0.3 is 19.7 Å². The number of hydrogen-bond donors (Lipinski definition) is 2. The molecule has 0 radical (unpaired) electrons. The van der Waals surface area contributed by atoms with Crippen LogP contribution in [0.2, 0.25) is 10.0 Å². The molecule has 2 N–H and O–H groups in total. The van der Waals surface area contributed by atoms with Crippen LogP contribution in [0.3, 0.4) is 0 Å². The fourth-order valence-corrected chi connectivity index (χ4v) is 5.60. The normalized spacial score (nSPS) is 17.9. The highest BCUT2D eigenvalue weighted by molar-refractivity contribution is 6.30. The molecule has 0 saturated carbocycles. The van der Waals surface area contributed by atoms with E-state index < -0.39 is 17.9 Å². The second kappa shape index (κ2) is 12.0. The molecule has 7 heteroatoms. The molecule has 0 bridgehead atoms.